The summed E-state index contributed by atoms with van der Waals surface area (Å²) in [5.74, 6) is 0. The molecule has 2 aliphatic heterocycles. The van der Waals surface area contributed by atoms with Crippen LogP contribution in [0.25, 0.3) is 0 Å². The van der Waals surface area contributed by atoms with Gasteiger partial charge in [-0.15, -0.1) is 0 Å². The lowest BCUT2D eigenvalue weighted by Crippen LogP contribution is -2.05. The Morgan fingerprint density at radius 1 is 1.38 bits per heavy atom. The van der Waals surface area contributed by atoms with Gasteiger partial charge in [0.05, 0.1) is 6.04 Å². The number of benzene rings is 1. The summed E-state index contributed by atoms with van der Waals surface area (Å²) in [5.41, 5.74) is 1.13. The minimum absolute atomic E-state index is 0.0158. The molecule has 2 heterocycles. The van der Waals surface area contributed by atoms with E-state index in [-0.39, 0.29) is 6.10 Å². The van der Waals surface area contributed by atoms with Crippen LogP contribution in [0.15, 0.2) is 30.3 Å². The second kappa shape index (κ2) is 2.64. The Hall–Kier alpha value is -0.710. The Kier molecular flexibility index (Phi) is 1.56. The molecule has 1 aromatic carbocycles. The van der Waals surface area contributed by atoms with E-state index in [0.29, 0.717) is 6.04 Å². The molecule has 68 valence electrons. The van der Waals surface area contributed by atoms with E-state index in [2.05, 4.69) is 0 Å². The second-order valence-corrected chi connectivity index (χ2v) is 4.41. The summed E-state index contributed by atoms with van der Waals surface area (Å²) in [6, 6.07) is 10.3. The molecule has 0 spiro atoms. The summed E-state index contributed by atoms with van der Waals surface area (Å²) in [4.78, 5) is 0. The Bertz CT molecular complexity index is 354. The van der Waals surface area contributed by atoms with Crippen molar-refractivity contribution in [1.29, 1.82) is 0 Å². The second-order valence-electron chi connectivity index (χ2n) is 3.31. The maximum Gasteiger partial charge on any atom is 0.238 e. The average Bonchev–Trinajstić information content (AvgIpc) is 2.89. The van der Waals surface area contributed by atoms with Crippen molar-refractivity contribution in [2.45, 2.75) is 12.1 Å². The van der Waals surface area contributed by atoms with Crippen molar-refractivity contribution in [2.24, 2.45) is 0 Å². The van der Waals surface area contributed by atoms with Crippen molar-refractivity contribution in [1.82, 2.24) is 4.31 Å². The molecule has 0 saturated carbocycles. The van der Waals surface area contributed by atoms with Gasteiger partial charge in [-0.2, -0.15) is 4.31 Å². The largest absolute Gasteiger partial charge is 0.268 e. The lowest BCUT2D eigenvalue weighted by molar-refractivity contribution is 0.252. The fraction of sp³-hybridized carbons (Fsp3) is 0.333. The van der Waals surface area contributed by atoms with E-state index in [1.54, 1.807) is 0 Å². The van der Waals surface area contributed by atoms with Gasteiger partial charge in [0.2, 0.25) is 11.3 Å². The maximum atomic E-state index is 11.2. The van der Waals surface area contributed by atoms with Crippen LogP contribution in [0.5, 0.6) is 0 Å². The van der Waals surface area contributed by atoms with Gasteiger partial charge in [-0.1, -0.05) is 30.3 Å². The Morgan fingerprint density at radius 3 is 2.69 bits per heavy atom. The summed E-state index contributed by atoms with van der Waals surface area (Å²) in [6.07, 6.45) is 0.0158. The molecular weight excluding hydrogens is 186 g/mol. The predicted octanol–water partition coefficient (Wildman–Crippen LogP) is 1.02. The molecule has 2 fully saturated rings. The number of fused-ring (bicyclic) bond motifs is 1. The van der Waals surface area contributed by atoms with Crippen LogP contribution in [0.4, 0.5) is 0 Å². The zero-order chi connectivity index (χ0) is 8.84. The summed E-state index contributed by atoms with van der Waals surface area (Å²) in [7, 11) is 0. The van der Waals surface area contributed by atoms with Crippen LogP contribution in [0.3, 0.4) is 0 Å². The van der Waals surface area contributed by atoms with Gasteiger partial charge in [-0.3, -0.25) is 4.18 Å². The van der Waals surface area contributed by atoms with E-state index in [4.69, 9.17) is 4.18 Å². The van der Waals surface area contributed by atoms with E-state index in [0.717, 1.165) is 12.1 Å². The SMILES string of the molecule is O=S1OC(c2ccccc2)C2CN21. The topological polar surface area (TPSA) is 29.3 Å². The van der Waals surface area contributed by atoms with Crippen molar-refractivity contribution in [2.75, 3.05) is 6.54 Å². The molecule has 0 bridgehead atoms. The van der Waals surface area contributed by atoms with Crippen molar-refractivity contribution < 1.29 is 8.39 Å². The quantitative estimate of drug-likeness (QED) is 0.626. The lowest BCUT2D eigenvalue weighted by Gasteiger charge is -2.08. The van der Waals surface area contributed by atoms with Gasteiger partial charge in [-0.25, -0.2) is 4.21 Å². The van der Waals surface area contributed by atoms with E-state index in [1.807, 2.05) is 34.6 Å². The zero-order valence-corrected chi connectivity index (χ0v) is 7.74. The molecule has 4 heteroatoms. The standard InChI is InChI=1S/C9H9NO2S/c11-13-10-6-8(10)9(12-13)7-4-2-1-3-5-7/h1-5,8-9H,6H2. The van der Waals surface area contributed by atoms with Gasteiger partial charge < -0.3 is 0 Å². The Labute approximate surface area is 79.1 Å². The van der Waals surface area contributed by atoms with Crippen LogP contribution in [-0.4, -0.2) is 21.1 Å². The zero-order valence-electron chi connectivity index (χ0n) is 6.92. The van der Waals surface area contributed by atoms with Crippen LogP contribution in [0, 0.1) is 0 Å². The fourth-order valence-electron chi connectivity index (χ4n) is 1.68. The summed E-state index contributed by atoms with van der Waals surface area (Å²) in [5, 5.41) is 0. The first kappa shape index (κ1) is 7.67. The highest BCUT2D eigenvalue weighted by atomic mass is 32.2. The normalized spacial score (nSPS) is 41.5. The van der Waals surface area contributed by atoms with E-state index >= 15 is 0 Å². The van der Waals surface area contributed by atoms with E-state index in [9.17, 15) is 4.21 Å². The molecule has 0 aliphatic carbocycles. The first-order chi connectivity index (χ1) is 6.36. The van der Waals surface area contributed by atoms with Crippen LogP contribution in [0.2, 0.25) is 0 Å². The predicted molar refractivity (Wildman–Crippen MR) is 48.9 cm³/mol. The smallest absolute Gasteiger partial charge is 0.238 e. The molecule has 0 aromatic heterocycles. The number of hydrogen-bond acceptors (Lipinski definition) is 2. The molecule has 0 amide bonds. The van der Waals surface area contributed by atoms with Gasteiger partial charge in [0.15, 0.2) is 0 Å². The molecule has 2 aliphatic rings. The monoisotopic (exact) mass is 195 g/mol. The number of rotatable bonds is 1. The summed E-state index contributed by atoms with van der Waals surface area (Å²) < 4.78 is 18.4. The van der Waals surface area contributed by atoms with Gasteiger partial charge in [0, 0.05) is 6.54 Å². The van der Waals surface area contributed by atoms with Crippen molar-refractivity contribution in [3.05, 3.63) is 35.9 Å². The van der Waals surface area contributed by atoms with Gasteiger partial charge >= 0.3 is 0 Å². The molecule has 2 saturated heterocycles. The Morgan fingerprint density at radius 2 is 2.15 bits per heavy atom. The molecular formula is C9H9NO2S. The van der Waals surface area contributed by atoms with Crippen LogP contribution in [-0.2, 0) is 15.4 Å². The third-order valence-electron chi connectivity index (χ3n) is 2.46. The van der Waals surface area contributed by atoms with Crippen LogP contribution >= 0.6 is 0 Å². The minimum Gasteiger partial charge on any atom is -0.268 e. The molecule has 1 aromatic rings. The number of hydrogen-bond donors (Lipinski definition) is 0. The van der Waals surface area contributed by atoms with E-state index in [1.165, 1.54) is 0 Å². The summed E-state index contributed by atoms with van der Waals surface area (Å²) >= 11 is -1.19. The van der Waals surface area contributed by atoms with E-state index < -0.39 is 11.3 Å². The molecule has 4 atom stereocenters. The van der Waals surface area contributed by atoms with Crippen LogP contribution < -0.4 is 0 Å². The third kappa shape index (κ3) is 1.14. The Balaban J connectivity index is 1.91. The molecule has 3 rings (SSSR count). The fourth-order valence-corrected chi connectivity index (χ4v) is 2.82. The van der Waals surface area contributed by atoms with Crippen molar-refractivity contribution >= 4 is 11.3 Å². The van der Waals surface area contributed by atoms with Gasteiger partial charge in [0.25, 0.3) is 0 Å². The average molecular weight is 195 g/mol. The highest BCUT2D eigenvalue weighted by molar-refractivity contribution is 7.78. The molecule has 3 nitrogen and oxygen atoms in total. The minimum atomic E-state index is -1.19. The van der Waals surface area contributed by atoms with Crippen LogP contribution in [0.1, 0.15) is 11.7 Å². The molecule has 13 heavy (non-hydrogen) atoms. The molecule has 4 unspecified atom stereocenters. The highest BCUT2D eigenvalue weighted by Crippen LogP contribution is 2.42. The first-order valence-electron chi connectivity index (χ1n) is 4.27. The lowest BCUT2D eigenvalue weighted by atomic mass is 10.1. The number of nitrogens with zero attached hydrogens (tertiary/aromatic N) is 1. The summed E-state index contributed by atoms with van der Waals surface area (Å²) in [6.45, 7) is 0.909. The maximum absolute atomic E-state index is 11.2. The van der Waals surface area contributed by atoms with Gasteiger partial charge in [-0.05, 0) is 5.56 Å². The van der Waals surface area contributed by atoms with Crippen molar-refractivity contribution in [3.63, 3.8) is 0 Å². The van der Waals surface area contributed by atoms with Crippen molar-refractivity contribution in [3.8, 4) is 0 Å². The molecule has 0 N–H and O–H groups in total. The van der Waals surface area contributed by atoms with Gasteiger partial charge in [0.1, 0.15) is 6.10 Å². The highest BCUT2D eigenvalue weighted by Gasteiger charge is 2.53. The third-order valence-corrected chi connectivity index (χ3v) is 3.63. The molecule has 0 radical (unpaired) electrons. The first-order valence-corrected chi connectivity index (χ1v) is 5.30.